The quantitative estimate of drug-likeness (QED) is 0.575. The molecule has 0 aromatic heterocycles. The summed E-state index contributed by atoms with van der Waals surface area (Å²) in [6, 6.07) is 0.863. The van der Waals surface area contributed by atoms with Gasteiger partial charge in [0.25, 0.3) is 0 Å². The lowest BCUT2D eigenvalue weighted by Gasteiger charge is -2.21. The van der Waals surface area contributed by atoms with Gasteiger partial charge in [-0.1, -0.05) is 13.3 Å². The molecule has 0 radical (unpaired) electrons. The van der Waals surface area contributed by atoms with Gasteiger partial charge in [-0.2, -0.15) is 0 Å². The summed E-state index contributed by atoms with van der Waals surface area (Å²) in [4.78, 5) is 12.7. The Morgan fingerprint density at radius 3 is 2.73 bits per heavy atom. The van der Waals surface area contributed by atoms with E-state index in [9.17, 15) is 4.79 Å². The highest BCUT2D eigenvalue weighted by atomic mass is 16.1. The minimum atomic E-state index is 0.201. The summed E-state index contributed by atoms with van der Waals surface area (Å²) in [5, 5.41) is 0. The molecule has 1 saturated heterocycles. The average Bonchev–Trinajstić information content (AvgIpc) is 2.34. The highest BCUT2D eigenvalue weighted by molar-refractivity contribution is 5.58. The molecule has 2 atom stereocenters. The molecular weight excluding hydrogens is 138 g/mol. The normalized spacial score (nSPS) is 32.5. The van der Waals surface area contributed by atoms with Gasteiger partial charge in [-0.3, -0.25) is 4.90 Å². The third kappa shape index (κ3) is 1.80. The molecule has 0 unspecified atom stereocenters. The fraction of sp³-hybridized carbons (Fsp3) is 0.889. The maximum Gasteiger partial charge on any atom is 0.137 e. The van der Waals surface area contributed by atoms with Crippen LogP contribution in [0.1, 0.15) is 32.6 Å². The lowest BCUT2D eigenvalue weighted by molar-refractivity contribution is -0.111. The van der Waals surface area contributed by atoms with Gasteiger partial charge in [-0.15, -0.1) is 0 Å². The lowest BCUT2D eigenvalue weighted by Crippen LogP contribution is -2.32. The van der Waals surface area contributed by atoms with Crippen LogP contribution in [0.5, 0.6) is 0 Å². The van der Waals surface area contributed by atoms with E-state index in [1.54, 1.807) is 0 Å². The van der Waals surface area contributed by atoms with Gasteiger partial charge < -0.3 is 4.79 Å². The molecule has 1 heterocycles. The van der Waals surface area contributed by atoms with E-state index in [0.717, 1.165) is 12.7 Å². The van der Waals surface area contributed by atoms with Crippen molar-refractivity contribution in [3.8, 4) is 0 Å². The first-order chi connectivity index (χ1) is 5.29. The Balaban J connectivity index is 2.41. The zero-order valence-corrected chi connectivity index (χ0v) is 7.42. The van der Waals surface area contributed by atoms with Gasteiger partial charge in [-0.25, -0.2) is 0 Å². The molecule has 0 spiro atoms. The molecule has 1 aliphatic heterocycles. The standard InChI is InChI=1S/C9H17NO/c1-3-4-8-5-6-9(7-11)10(8)2/h7-9H,3-6H2,1-2H3/t8-,9-/m1/s1. The molecule has 0 aromatic carbocycles. The Bertz CT molecular complexity index is 136. The second-order valence-corrected chi connectivity index (χ2v) is 3.39. The van der Waals surface area contributed by atoms with Crippen LogP contribution in [0.3, 0.4) is 0 Å². The largest absolute Gasteiger partial charge is 0.302 e. The first-order valence-corrected chi connectivity index (χ1v) is 4.46. The molecule has 0 saturated carbocycles. The van der Waals surface area contributed by atoms with Crippen molar-refractivity contribution in [2.45, 2.75) is 44.7 Å². The summed E-state index contributed by atoms with van der Waals surface area (Å²) in [5.74, 6) is 0. The van der Waals surface area contributed by atoms with Crippen molar-refractivity contribution in [3.63, 3.8) is 0 Å². The minimum Gasteiger partial charge on any atom is -0.302 e. The number of carbonyl (C=O) groups excluding carboxylic acids is 1. The third-order valence-corrected chi connectivity index (χ3v) is 2.67. The maximum absolute atomic E-state index is 10.5. The Kier molecular flexibility index (Phi) is 3.06. The SMILES string of the molecule is CCC[C@@H]1CC[C@H](C=O)N1C. The molecule has 0 aliphatic carbocycles. The van der Waals surface area contributed by atoms with E-state index in [2.05, 4.69) is 18.9 Å². The number of rotatable bonds is 3. The van der Waals surface area contributed by atoms with Gasteiger partial charge >= 0.3 is 0 Å². The summed E-state index contributed by atoms with van der Waals surface area (Å²) < 4.78 is 0. The van der Waals surface area contributed by atoms with Crippen molar-refractivity contribution >= 4 is 6.29 Å². The van der Waals surface area contributed by atoms with E-state index in [1.807, 2.05) is 0 Å². The Morgan fingerprint density at radius 2 is 2.27 bits per heavy atom. The summed E-state index contributed by atoms with van der Waals surface area (Å²) in [5.41, 5.74) is 0. The second-order valence-electron chi connectivity index (χ2n) is 3.39. The molecule has 0 amide bonds. The Morgan fingerprint density at radius 1 is 1.55 bits per heavy atom. The molecule has 0 bridgehead atoms. The highest BCUT2D eigenvalue weighted by Gasteiger charge is 2.28. The van der Waals surface area contributed by atoms with Crippen LogP contribution in [-0.4, -0.2) is 30.3 Å². The van der Waals surface area contributed by atoms with Crippen LogP contribution in [0.25, 0.3) is 0 Å². The molecule has 1 fully saturated rings. The lowest BCUT2D eigenvalue weighted by atomic mass is 10.1. The van der Waals surface area contributed by atoms with Crippen LogP contribution >= 0.6 is 0 Å². The number of hydrogen-bond acceptors (Lipinski definition) is 2. The fourth-order valence-electron chi connectivity index (χ4n) is 1.89. The number of hydrogen-bond donors (Lipinski definition) is 0. The number of likely N-dealkylation sites (N-methyl/N-ethyl adjacent to an activating group) is 1. The zero-order valence-electron chi connectivity index (χ0n) is 7.42. The van der Waals surface area contributed by atoms with Crippen molar-refractivity contribution in [3.05, 3.63) is 0 Å². The topological polar surface area (TPSA) is 20.3 Å². The van der Waals surface area contributed by atoms with Gasteiger partial charge in [0.2, 0.25) is 0 Å². The smallest absolute Gasteiger partial charge is 0.137 e. The predicted molar refractivity (Wildman–Crippen MR) is 45.5 cm³/mol. The van der Waals surface area contributed by atoms with Crippen LogP contribution in [-0.2, 0) is 4.79 Å². The van der Waals surface area contributed by atoms with Gasteiger partial charge in [0.1, 0.15) is 6.29 Å². The van der Waals surface area contributed by atoms with Crippen LogP contribution < -0.4 is 0 Å². The van der Waals surface area contributed by atoms with E-state index >= 15 is 0 Å². The van der Waals surface area contributed by atoms with Crippen LogP contribution in [0.2, 0.25) is 0 Å². The minimum absolute atomic E-state index is 0.201. The molecule has 11 heavy (non-hydrogen) atoms. The molecule has 0 aromatic rings. The fourth-order valence-corrected chi connectivity index (χ4v) is 1.89. The van der Waals surface area contributed by atoms with Gasteiger partial charge in [0.05, 0.1) is 6.04 Å². The van der Waals surface area contributed by atoms with Crippen LogP contribution in [0.15, 0.2) is 0 Å². The van der Waals surface area contributed by atoms with Crippen molar-refractivity contribution in [2.24, 2.45) is 0 Å². The average molecular weight is 155 g/mol. The molecule has 2 nitrogen and oxygen atoms in total. The summed E-state index contributed by atoms with van der Waals surface area (Å²) in [6.07, 6.45) is 5.80. The Hall–Kier alpha value is -0.370. The number of carbonyl (C=O) groups is 1. The van der Waals surface area contributed by atoms with Crippen molar-refractivity contribution in [1.29, 1.82) is 0 Å². The second kappa shape index (κ2) is 3.86. The van der Waals surface area contributed by atoms with E-state index in [4.69, 9.17) is 0 Å². The molecule has 2 heteroatoms. The number of likely N-dealkylation sites (tertiary alicyclic amines) is 1. The monoisotopic (exact) mass is 155 g/mol. The van der Waals surface area contributed by atoms with Gasteiger partial charge in [0, 0.05) is 6.04 Å². The van der Waals surface area contributed by atoms with Crippen LogP contribution in [0, 0.1) is 0 Å². The zero-order chi connectivity index (χ0) is 8.27. The summed E-state index contributed by atoms with van der Waals surface area (Å²) in [6.45, 7) is 2.20. The van der Waals surface area contributed by atoms with Gasteiger partial charge in [-0.05, 0) is 26.3 Å². The van der Waals surface area contributed by atoms with Crippen molar-refractivity contribution in [1.82, 2.24) is 4.90 Å². The maximum atomic E-state index is 10.5. The number of aldehydes is 1. The Labute approximate surface area is 68.6 Å². The van der Waals surface area contributed by atoms with Crippen molar-refractivity contribution < 1.29 is 4.79 Å². The first-order valence-electron chi connectivity index (χ1n) is 4.46. The molecule has 1 rings (SSSR count). The summed E-state index contributed by atoms with van der Waals surface area (Å²) in [7, 11) is 2.06. The van der Waals surface area contributed by atoms with E-state index < -0.39 is 0 Å². The summed E-state index contributed by atoms with van der Waals surface area (Å²) >= 11 is 0. The molecular formula is C9H17NO. The van der Waals surface area contributed by atoms with E-state index in [-0.39, 0.29) is 6.04 Å². The molecule has 1 aliphatic rings. The third-order valence-electron chi connectivity index (χ3n) is 2.67. The highest BCUT2D eigenvalue weighted by Crippen LogP contribution is 2.23. The van der Waals surface area contributed by atoms with Gasteiger partial charge in [0.15, 0.2) is 0 Å². The van der Waals surface area contributed by atoms with Crippen molar-refractivity contribution in [2.75, 3.05) is 7.05 Å². The first kappa shape index (κ1) is 8.72. The molecule has 64 valence electrons. The molecule has 0 N–H and O–H groups in total. The number of nitrogens with zero attached hydrogens (tertiary/aromatic N) is 1. The van der Waals surface area contributed by atoms with E-state index in [1.165, 1.54) is 19.3 Å². The van der Waals surface area contributed by atoms with Crippen LogP contribution in [0.4, 0.5) is 0 Å². The van der Waals surface area contributed by atoms with E-state index in [0.29, 0.717) is 6.04 Å². The predicted octanol–water partition coefficient (Wildman–Crippen LogP) is 1.45.